The maximum Gasteiger partial charge on any atom is 0.251 e. The molecule has 1 N–H and O–H groups in total. The van der Waals surface area contributed by atoms with E-state index in [-0.39, 0.29) is 11.9 Å². The predicted molar refractivity (Wildman–Crippen MR) is 94.9 cm³/mol. The number of carbonyl (C=O) groups is 1. The molecule has 0 bridgehead atoms. The molecular formula is C19H20N4O2. The number of hydrogen-bond acceptors (Lipinski definition) is 4. The third-order valence-electron chi connectivity index (χ3n) is 3.85. The largest absolute Gasteiger partial charge is 0.494 e. The maximum absolute atomic E-state index is 12.4. The van der Waals surface area contributed by atoms with Crippen LogP contribution in [0.1, 0.15) is 35.8 Å². The molecule has 0 saturated carbocycles. The zero-order valence-corrected chi connectivity index (χ0v) is 14.2. The molecule has 128 valence electrons. The lowest BCUT2D eigenvalue weighted by Crippen LogP contribution is -2.26. The van der Waals surface area contributed by atoms with Crippen LogP contribution in [0.5, 0.6) is 5.75 Å². The van der Waals surface area contributed by atoms with Gasteiger partial charge in [0, 0.05) is 5.56 Å². The van der Waals surface area contributed by atoms with Crippen molar-refractivity contribution in [3.63, 3.8) is 0 Å². The minimum absolute atomic E-state index is 0.108. The van der Waals surface area contributed by atoms with Crippen LogP contribution in [0.2, 0.25) is 0 Å². The molecule has 25 heavy (non-hydrogen) atoms. The summed E-state index contributed by atoms with van der Waals surface area (Å²) in [4.78, 5) is 16.3. The van der Waals surface area contributed by atoms with Gasteiger partial charge in [-0.1, -0.05) is 12.1 Å². The van der Waals surface area contributed by atoms with Crippen LogP contribution in [0.25, 0.3) is 5.69 Å². The topological polar surface area (TPSA) is 69.0 Å². The first-order chi connectivity index (χ1) is 12.2. The van der Waals surface area contributed by atoms with E-state index in [1.54, 1.807) is 35.3 Å². The number of nitrogens with one attached hydrogen (secondary N) is 1. The Bertz CT molecular complexity index is 812. The van der Waals surface area contributed by atoms with E-state index in [2.05, 4.69) is 15.4 Å². The van der Waals surface area contributed by atoms with Gasteiger partial charge < -0.3 is 10.1 Å². The van der Waals surface area contributed by atoms with E-state index < -0.39 is 0 Å². The van der Waals surface area contributed by atoms with Gasteiger partial charge in [0.05, 0.1) is 18.3 Å². The van der Waals surface area contributed by atoms with Crippen LogP contribution < -0.4 is 10.1 Å². The summed E-state index contributed by atoms with van der Waals surface area (Å²) in [6.45, 7) is 4.49. The van der Waals surface area contributed by atoms with Gasteiger partial charge in [0.1, 0.15) is 18.4 Å². The van der Waals surface area contributed by atoms with Gasteiger partial charge >= 0.3 is 0 Å². The summed E-state index contributed by atoms with van der Waals surface area (Å²) in [6.07, 6.45) is 3.14. The van der Waals surface area contributed by atoms with E-state index in [1.807, 2.05) is 38.1 Å². The molecule has 0 radical (unpaired) electrons. The highest BCUT2D eigenvalue weighted by Crippen LogP contribution is 2.17. The van der Waals surface area contributed by atoms with Crippen molar-refractivity contribution in [1.29, 1.82) is 0 Å². The van der Waals surface area contributed by atoms with Gasteiger partial charge in [-0.2, -0.15) is 5.10 Å². The summed E-state index contributed by atoms with van der Waals surface area (Å²) < 4.78 is 7.08. The summed E-state index contributed by atoms with van der Waals surface area (Å²) in [6, 6.07) is 14.9. The van der Waals surface area contributed by atoms with Crippen LogP contribution in [0.4, 0.5) is 0 Å². The first-order valence-electron chi connectivity index (χ1n) is 8.16. The zero-order valence-electron chi connectivity index (χ0n) is 14.2. The van der Waals surface area contributed by atoms with Crippen molar-refractivity contribution >= 4 is 5.91 Å². The number of hydrogen-bond donors (Lipinski definition) is 1. The lowest BCUT2D eigenvalue weighted by atomic mass is 10.1. The Kier molecular flexibility index (Phi) is 5.09. The summed E-state index contributed by atoms with van der Waals surface area (Å²) in [5.74, 6) is 0.645. The van der Waals surface area contributed by atoms with Crippen LogP contribution in [-0.2, 0) is 0 Å². The van der Waals surface area contributed by atoms with Crippen molar-refractivity contribution in [1.82, 2.24) is 20.1 Å². The van der Waals surface area contributed by atoms with Crippen LogP contribution in [0.3, 0.4) is 0 Å². The molecule has 1 amide bonds. The van der Waals surface area contributed by atoms with Crippen molar-refractivity contribution < 1.29 is 9.53 Å². The molecule has 3 rings (SSSR count). The average molecular weight is 336 g/mol. The van der Waals surface area contributed by atoms with Gasteiger partial charge in [-0.25, -0.2) is 9.67 Å². The zero-order chi connectivity index (χ0) is 17.6. The second kappa shape index (κ2) is 7.61. The molecule has 6 heteroatoms. The third kappa shape index (κ3) is 4.03. The van der Waals surface area contributed by atoms with Crippen LogP contribution >= 0.6 is 0 Å². The number of benzene rings is 2. The van der Waals surface area contributed by atoms with Gasteiger partial charge in [0.15, 0.2) is 0 Å². The van der Waals surface area contributed by atoms with E-state index in [0.717, 1.165) is 17.0 Å². The molecule has 0 aliphatic carbocycles. The smallest absolute Gasteiger partial charge is 0.251 e. The molecule has 0 fully saturated rings. The number of ether oxygens (including phenoxy) is 1. The minimum atomic E-state index is -0.115. The molecule has 1 heterocycles. The number of aromatic nitrogens is 3. The standard InChI is InChI=1S/C19H20N4O2/c1-3-25-18-10-6-16(7-11-18)19(24)22-14(2)15-4-8-17(9-5-15)23-13-20-12-21-23/h4-14H,3H2,1-2H3,(H,22,24). The van der Waals surface area contributed by atoms with Crippen molar-refractivity contribution in [3.05, 3.63) is 72.3 Å². The Morgan fingerprint density at radius 1 is 1.16 bits per heavy atom. The van der Waals surface area contributed by atoms with Crippen LogP contribution in [0, 0.1) is 0 Å². The van der Waals surface area contributed by atoms with E-state index in [1.165, 1.54) is 6.33 Å². The van der Waals surface area contributed by atoms with Crippen molar-refractivity contribution in [2.75, 3.05) is 6.61 Å². The second-order valence-electron chi connectivity index (χ2n) is 5.58. The normalized spacial score (nSPS) is 11.8. The fourth-order valence-corrected chi connectivity index (χ4v) is 2.49. The molecule has 0 aliphatic heterocycles. The summed E-state index contributed by atoms with van der Waals surface area (Å²) in [5, 5.41) is 7.10. The molecule has 0 spiro atoms. The first-order valence-corrected chi connectivity index (χ1v) is 8.16. The molecule has 1 atom stereocenters. The summed E-state index contributed by atoms with van der Waals surface area (Å²) >= 11 is 0. The number of carbonyl (C=O) groups excluding carboxylic acids is 1. The van der Waals surface area contributed by atoms with Gasteiger partial charge in [-0.05, 0) is 55.8 Å². The molecule has 0 saturated heterocycles. The number of rotatable bonds is 6. The van der Waals surface area contributed by atoms with Crippen molar-refractivity contribution in [3.8, 4) is 11.4 Å². The SMILES string of the molecule is CCOc1ccc(C(=O)NC(C)c2ccc(-n3cncn3)cc2)cc1. The van der Waals surface area contributed by atoms with Crippen molar-refractivity contribution in [2.24, 2.45) is 0 Å². The fourth-order valence-electron chi connectivity index (χ4n) is 2.49. The summed E-state index contributed by atoms with van der Waals surface area (Å²) in [5.41, 5.74) is 2.55. The Morgan fingerprint density at radius 2 is 1.88 bits per heavy atom. The monoisotopic (exact) mass is 336 g/mol. The van der Waals surface area contributed by atoms with Gasteiger partial charge in [0.2, 0.25) is 0 Å². The fraction of sp³-hybridized carbons (Fsp3) is 0.211. The maximum atomic E-state index is 12.4. The molecule has 1 aromatic heterocycles. The molecule has 2 aromatic carbocycles. The quantitative estimate of drug-likeness (QED) is 0.751. The molecule has 6 nitrogen and oxygen atoms in total. The Hall–Kier alpha value is -3.15. The lowest BCUT2D eigenvalue weighted by Gasteiger charge is -2.15. The van der Waals surface area contributed by atoms with E-state index in [4.69, 9.17) is 4.74 Å². The predicted octanol–water partition coefficient (Wildman–Crippen LogP) is 3.16. The van der Waals surface area contributed by atoms with E-state index in [9.17, 15) is 4.79 Å². The van der Waals surface area contributed by atoms with Gasteiger partial charge in [-0.15, -0.1) is 0 Å². The Labute approximate surface area is 146 Å². The van der Waals surface area contributed by atoms with Gasteiger partial charge in [-0.3, -0.25) is 4.79 Å². The second-order valence-corrected chi connectivity index (χ2v) is 5.58. The molecule has 1 unspecified atom stereocenters. The van der Waals surface area contributed by atoms with Crippen LogP contribution in [0.15, 0.2) is 61.2 Å². The molecular weight excluding hydrogens is 316 g/mol. The third-order valence-corrected chi connectivity index (χ3v) is 3.85. The highest BCUT2D eigenvalue weighted by Gasteiger charge is 2.12. The summed E-state index contributed by atoms with van der Waals surface area (Å²) in [7, 11) is 0. The Morgan fingerprint density at radius 3 is 2.48 bits per heavy atom. The van der Waals surface area contributed by atoms with E-state index in [0.29, 0.717) is 12.2 Å². The molecule has 0 aliphatic rings. The Balaban J connectivity index is 1.64. The highest BCUT2D eigenvalue weighted by atomic mass is 16.5. The van der Waals surface area contributed by atoms with Gasteiger partial charge in [0.25, 0.3) is 5.91 Å². The minimum Gasteiger partial charge on any atom is -0.494 e. The number of amides is 1. The highest BCUT2D eigenvalue weighted by molar-refractivity contribution is 5.94. The molecule has 3 aromatic rings. The first kappa shape index (κ1) is 16.7. The average Bonchev–Trinajstić information content (AvgIpc) is 3.17. The number of nitrogens with zero attached hydrogens (tertiary/aromatic N) is 3. The van der Waals surface area contributed by atoms with Crippen LogP contribution in [-0.4, -0.2) is 27.3 Å². The lowest BCUT2D eigenvalue weighted by molar-refractivity contribution is 0.0940. The van der Waals surface area contributed by atoms with Crippen molar-refractivity contribution in [2.45, 2.75) is 19.9 Å². The van der Waals surface area contributed by atoms with E-state index >= 15 is 0 Å².